The molecular formula is C24H28FN3O6S. The van der Waals surface area contributed by atoms with E-state index >= 15 is 0 Å². The summed E-state index contributed by atoms with van der Waals surface area (Å²) in [5.41, 5.74) is 0.117. The summed E-state index contributed by atoms with van der Waals surface area (Å²) in [6.07, 6.45) is 2.03. The number of benzene rings is 1. The monoisotopic (exact) mass is 505 g/mol. The maximum Gasteiger partial charge on any atom is 0.410 e. The van der Waals surface area contributed by atoms with Crippen molar-refractivity contribution in [2.75, 3.05) is 6.54 Å². The number of amides is 2. The minimum absolute atomic E-state index is 0.116. The molecule has 188 valence electrons. The Hall–Kier alpha value is -2.79. The van der Waals surface area contributed by atoms with Crippen molar-refractivity contribution in [2.45, 2.75) is 62.6 Å². The molecule has 0 aromatic heterocycles. The van der Waals surface area contributed by atoms with Crippen LogP contribution in [0, 0.1) is 17.2 Å². The topological polar surface area (TPSA) is 122 Å². The van der Waals surface area contributed by atoms with Gasteiger partial charge in [-0.25, -0.2) is 17.6 Å². The predicted molar refractivity (Wildman–Crippen MR) is 123 cm³/mol. The fraction of sp³-hybridized carbons (Fsp3) is 0.542. The molecule has 1 aromatic carbocycles. The minimum atomic E-state index is -3.72. The first-order valence-electron chi connectivity index (χ1n) is 11.8. The molecule has 2 saturated carbocycles. The number of ketones is 1. The quantitative estimate of drug-likeness (QED) is 0.517. The molecule has 2 aliphatic heterocycles. The predicted octanol–water partition coefficient (Wildman–Crippen LogP) is 1.77. The Kier molecular flexibility index (Phi) is 5.95. The Bertz CT molecular complexity index is 1200. The number of allylic oxidation sites excluding steroid dienone is 1. The lowest BCUT2D eigenvalue weighted by molar-refractivity contribution is -0.130. The van der Waals surface area contributed by atoms with Crippen molar-refractivity contribution in [3.63, 3.8) is 0 Å². The number of sulfonamides is 1. The lowest BCUT2D eigenvalue weighted by Crippen LogP contribution is -2.42. The van der Waals surface area contributed by atoms with Gasteiger partial charge in [0.25, 0.3) is 0 Å². The van der Waals surface area contributed by atoms with E-state index < -0.39 is 44.8 Å². The summed E-state index contributed by atoms with van der Waals surface area (Å²) in [6.45, 7) is 4.38. The number of carbonyl (C=O) groups excluding carboxylic acids is 3. The van der Waals surface area contributed by atoms with Gasteiger partial charge in [0.15, 0.2) is 5.78 Å². The SMILES string of the molecule is C=C[C@@H]1C[C@]1(CC(=O)[C@@H]1C[C@@H](OC(=O)N2Cc3cccc(F)c3C2)CN1)C(=O)NS(=O)(=O)C1CC1. The Morgan fingerprint density at radius 2 is 2.06 bits per heavy atom. The van der Waals surface area contributed by atoms with Gasteiger partial charge in [0.1, 0.15) is 11.9 Å². The Balaban J connectivity index is 1.15. The lowest BCUT2D eigenvalue weighted by atomic mass is 9.92. The van der Waals surface area contributed by atoms with E-state index in [4.69, 9.17) is 4.74 Å². The van der Waals surface area contributed by atoms with Gasteiger partial charge in [-0.1, -0.05) is 18.2 Å². The van der Waals surface area contributed by atoms with Crippen molar-refractivity contribution >= 4 is 27.8 Å². The second-order valence-electron chi connectivity index (χ2n) is 9.96. The second kappa shape index (κ2) is 8.70. The van der Waals surface area contributed by atoms with Gasteiger partial charge in [-0.2, -0.15) is 0 Å². The summed E-state index contributed by atoms with van der Waals surface area (Å²) in [4.78, 5) is 39.9. The first kappa shape index (κ1) is 23.9. The van der Waals surface area contributed by atoms with E-state index in [0.29, 0.717) is 24.8 Å². The lowest BCUT2D eigenvalue weighted by Gasteiger charge is -2.19. The van der Waals surface area contributed by atoms with Gasteiger partial charge in [-0.05, 0) is 36.8 Å². The van der Waals surface area contributed by atoms with E-state index in [1.54, 1.807) is 18.2 Å². The van der Waals surface area contributed by atoms with Gasteiger partial charge >= 0.3 is 6.09 Å². The number of Topliss-reactive ketones (excluding diaryl/α,β-unsaturated/α-hetero) is 1. The first-order chi connectivity index (χ1) is 16.6. The summed E-state index contributed by atoms with van der Waals surface area (Å²) < 4.78 is 46.2. The van der Waals surface area contributed by atoms with Crippen LogP contribution in [-0.2, 0) is 37.4 Å². The number of rotatable bonds is 8. The Morgan fingerprint density at radius 1 is 1.29 bits per heavy atom. The molecule has 2 heterocycles. The number of carbonyl (C=O) groups is 3. The molecule has 3 fully saturated rings. The zero-order chi connectivity index (χ0) is 25.0. The van der Waals surface area contributed by atoms with Gasteiger partial charge < -0.3 is 10.1 Å². The van der Waals surface area contributed by atoms with Crippen LogP contribution in [0.2, 0.25) is 0 Å². The maximum absolute atomic E-state index is 14.0. The molecule has 5 rings (SSSR count). The zero-order valence-corrected chi connectivity index (χ0v) is 20.0. The average Bonchev–Trinajstić information content (AvgIpc) is 3.69. The van der Waals surface area contributed by atoms with Crippen molar-refractivity contribution in [3.05, 3.63) is 47.8 Å². The molecule has 0 unspecified atom stereocenters. The van der Waals surface area contributed by atoms with Crippen LogP contribution in [0.15, 0.2) is 30.9 Å². The van der Waals surface area contributed by atoms with Gasteiger partial charge in [-0.15, -0.1) is 6.58 Å². The van der Waals surface area contributed by atoms with Crippen molar-refractivity contribution in [1.82, 2.24) is 14.9 Å². The number of hydrogen-bond donors (Lipinski definition) is 2. The van der Waals surface area contributed by atoms with Crippen LogP contribution in [0.25, 0.3) is 0 Å². The third-order valence-electron chi connectivity index (χ3n) is 7.49. The summed E-state index contributed by atoms with van der Waals surface area (Å²) >= 11 is 0. The number of ether oxygens (including phenoxy) is 1. The van der Waals surface area contributed by atoms with E-state index in [1.807, 2.05) is 0 Å². The molecule has 4 atom stereocenters. The Morgan fingerprint density at radius 3 is 2.71 bits per heavy atom. The fourth-order valence-electron chi connectivity index (χ4n) is 5.08. The second-order valence-corrected chi connectivity index (χ2v) is 11.9. The van der Waals surface area contributed by atoms with Gasteiger partial charge in [0.2, 0.25) is 15.9 Å². The number of fused-ring (bicyclic) bond motifs is 1. The minimum Gasteiger partial charge on any atom is -0.445 e. The standard InChI is InChI=1S/C24H28FN3O6S/c1-2-15-9-24(15,22(30)27-35(32,33)17-6-7-17)10-21(29)20-8-16(11-26-20)34-23(31)28-12-14-4-3-5-19(25)18(14)13-28/h2-5,15-17,20,26H,1,6-13H2,(H,27,30)/t15-,16-,20+,24-/m1/s1. The number of nitrogens with zero attached hydrogens (tertiary/aromatic N) is 1. The number of halogens is 1. The smallest absolute Gasteiger partial charge is 0.410 e. The summed E-state index contributed by atoms with van der Waals surface area (Å²) in [5.74, 6) is -1.51. The van der Waals surface area contributed by atoms with Crippen molar-refractivity contribution in [1.29, 1.82) is 0 Å². The van der Waals surface area contributed by atoms with Crippen molar-refractivity contribution in [3.8, 4) is 0 Å². The molecule has 2 N–H and O–H groups in total. The van der Waals surface area contributed by atoms with Crippen molar-refractivity contribution < 1.29 is 31.9 Å². The largest absolute Gasteiger partial charge is 0.445 e. The molecule has 0 bridgehead atoms. The Labute approximate surface area is 203 Å². The summed E-state index contributed by atoms with van der Waals surface area (Å²) in [5, 5.41) is 2.51. The zero-order valence-electron chi connectivity index (χ0n) is 19.2. The molecule has 0 radical (unpaired) electrons. The maximum atomic E-state index is 14.0. The van der Waals surface area contributed by atoms with E-state index in [2.05, 4.69) is 16.6 Å². The van der Waals surface area contributed by atoms with Gasteiger partial charge in [-0.3, -0.25) is 19.2 Å². The van der Waals surface area contributed by atoms with E-state index in [0.717, 1.165) is 5.56 Å². The van der Waals surface area contributed by atoms with Crippen LogP contribution < -0.4 is 10.0 Å². The van der Waals surface area contributed by atoms with E-state index in [-0.39, 0.29) is 50.0 Å². The van der Waals surface area contributed by atoms with E-state index in [9.17, 15) is 27.2 Å². The molecule has 2 amide bonds. The average molecular weight is 506 g/mol. The molecule has 2 aliphatic carbocycles. The summed E-state index contributed by atoms with van der Waals surface area (Å²) in [6, 6.07) is 4.12. The molecular weight excluding hydrogens is 477 g/mol. The van der Waals surface area contributed by atoms with E-state index in [1.165, 1.54) is 11.0 Å². The third kappa shape index (κ3) is 4.58. The highest BCUT2D eigenvalue weighted by Crippen LogP contribution is 2.56. The molecule has 11 heteroatoms. The highest BCUT2D eigenvalue weighted by Gasteiger charge is 2.61. The van der Waals surface area contributed by atoms with Gasteiger partial charge in [0, 0.05) is 31.5 Å². The summed E-state index contributed by atoms with van der Waals surface area (Å²) in [7, 11) is -3.72. The third-order valence-corrected chi connectivity index (χ3v) is 9.31. The van der Waals surface area contributed by atoms with Crippen molar-refractivity contribution in [2.24, 2.45) is 11.3 Å². The van der Waals surface area contributed by atoms with Crippen LogP contribution in [-0.4, -0.2) is 55.0 Å². The molecule has 1 saturated heterocycles. The van der Waals surface area contributed by atoms with Crippen LogP contribution in [0.4, 0.5) is 9.18 Å². The first-order valence-corrected chi connectivity index (χ1v) is 13.3. The molecule has 4 aliphatic rings. The number of nitrogens with one attached hydrogen (secondary N) is 2. The number of hydrogen-bond acceptors (Lipinski definition) is 7. The highest BCUT2D eigenvalue weighted by atomic mass is 32.2. The molecule has 0 spiro atoms. The van der Waals surface area contributed by atoms with Crippen LogP contribution in [0.3, 0.4) is 0 Å². The fourth-order valence-corrected chi connectivity index (χ4v) is 6.46. The van der Waals surface area contributed by atoms with Crippen LogP contribution in [0.5, 0.6) is 0 Å². The van der Waals surface area contributed by atoms with Crippen LogP contribution in [0.1, 0.15) is 43.2 Å². The normalized spacial score (nSPS) is 29.4. The molecule has 35 heavy (non-hydrogen) atoms. The highest BCUT2D eigenvalue weighted by molar-refractivity contribution is 7.90. The molecule has 1 aromatic rings. The molecule has 9 nitrogen and oxygen atoms in total. The van der Waals surface area contributed by atoms with Crippen LogP contribution >= 0.6 is 0 Å². The van der Waals surface area contributed by atoms with Gasteiger partial charge in [0.05, 0.1) is 23.3 Å².